The average molecular weight is 491 g/mol. The minimum Gasteiger partial charge on any atom is -0.355 e. The van der Waals surface area contributed by atoms with Gasteiger partial charge in [0.05, 0.1) is 10.3 Å². The quantitative estimate of drug-likeness (QED) is 0.350. The Hall–Kier alpha value is -3.12. The molecule has 1 aliphatic carbocycles. The van der Waals surface area contributed by atoms with Crippen molar-refractivity contribution in [3.05, 3.63) is 95.6 Å². The van der Waals surface area contributed by atoms with Gasteiger partial charge < -0.3 is 5.32 Å². The predicted molar refractivity (Wildman–Crippen MR) is 141 cm³/mol. The molecule has 2 N–H and O–H groups in total. The van der Waals surface area contributed by atoms with Gasteiger partial charge in [0.1, 0.15) is 0 Å². The molecule has 4 rings (SSSR count). The fourth-order valence-corrected chi connectivity index (χ4v) is 5.49. The number of hydrogen-bond donors (Lipinski definition) is 2. The van der Waals surface area contributed by atoms with E-state index in [1.165, 1.54) is 5.56 Å². The summed E-state index contributed by atoms with van der Waals surface area (Å²) in [6, 6.07) is 24.5. The van der Waals surface area contributed by atoms with E-state index in [0.29, 0.717) is 18.2 Å². The molecule has 0 radical (unpaired) electrons. The van der Waals surface area contributed by atoms with Gasteiger partial charge >= 0.3 is 0 Å². The Bertz CT molecular complexity index is 1230. The summed E-state index contributed by atoms with van der Waals surface area (Å²) in [5.41, 5.74) is 3.32. The summed E-state index contributed by atoms with van der Waals surface area (Å²) in [4.78, 5) is 13.1. The summed E-state index contributed by atoms with van der Waals surface area (Å²) in [5, 5.41) is 3.09. The highest BCUT2D eigenvalue weighted by Crippen LogP contribution is 2.48. The summed E-state index contributed by atoms with van der Waals surface area (Å²) in [6.45, 7) is 4.91. The number of aryl methyl sites for hydroxylation is 1. The third kappa shape index (κ3) is 6.31. The van der Waals surface area contributed by atoms with Crippen LogP contribution in [0.3, 0.4) is 0 Å². The van der Waals surface area contributed by atoms with Crippen molar-refractivity contribution in [3.8, 4) is 0 Å². The van der Waals surface area contributed by atoms with Gasteiger partial charge in [-0.15, -0.1) is 0 Å². The highest BCUT2D eigenvalue weighted by atomic mass is 32.2. The first-order chi connectivity index (χ1) is 16.8. The zero-order chi connectivity index (χ0) is 24.9. The molecule has 5 nitrogen and oxygen atoms in total. The van der Waals surface area contributed by atoms with Crippen LogP contribution >= 0.6 is 0 Å². The second-order valence-corrected chi connectivity index (χ2v) is 11.5. The van der Waals surface area contributed by atoms with Crippen molar-refractivity contribution < 1.29 is 13.2 Å². The lowest BCUT2D eigenvalue weighted by molar-refractivity contribution is -0.123. The first-order valence-electron chi connectivity index (χ1n) is 12.3. The fraction of sp³-hybridized carbons (Fsp3) is 0.345. The van der Waals surface area contributed by atoms with E-state index < -0.39 is 15.4 Å². The van der Waals surface area contributed by atoms with E-state index in [2.05, 4.69) is 36.0 Å². The van der Waals surface area contributed by atoms with E-state index in [4.69, 9.17) is 0 Å². The van der Waals surface area contributed by atoms with Gasteiger partial charge in [-0.25, -0.2) is 8.42 Å². The lowest BCUT2D eigenvalue weighted by Gasteiger charge is -2.17. The van der Waals surface area contributed by atoms with Crippen LogP contribution in [0.2, 0.25) is 0 Å². The molecule has 35 heavy (non-hydrogen) atoms. The molecule has 0 aliphatic heterocycles. The van der Waals surface area contributed by atoms with Crippen LogP contribution in [0.25, 0.3) is 0 Å². The number of benzene rings is 3. The lowest BCUT2D eigenvalue weighted by Crippen LogP contribution is -2.35. The Balaban J connectivity index is 1.33. The molecule has 3 aromatic rings. The van der Waals surface area contributed by atoms with Gasteiger partial charge in [0.25, 0.3) is 10.0 Å². The van der Waals surface area contributed by atoms with Gasteiger partial charge in [0.15, 0.2) is 0 Å². The van der Waals surface area contributed by atoms with Gasteiger partial charge in [0, 0.05) is 12.2 Å². The fourth-order valence-electron chi connectivity index (χ4n) is 4.43. The number of rotatable bonds is 11. The first-order valence-corrected chi connectivity index (χ1v) is 13.8. The number of anilines is 1. The second kappa shape index (κ2) is 10.6. The van der Waals surface area contributed by atoms with Gasteiger partial charge in [-0.2, -0.15) is 0 Å². The predicted octanol–water partition coefficient (Wildman–Crippen LogP) is 5.47. The summed E-state index contributed by atoms with van der Waals surface area (Å²) in [7, 11) is -3.67. The van der Waals surface area contributed by atoms with E-state index in [1.807, 2.05) is 42.5 Å². The van der Waals surface area contributed by atoms with Crippen molar-refractivity contribution in [2.24, 2.45) is 5.92 Å². The van der Waals surface area contributed by atoms with Crippen LogP contribution in [0, 0.1) is 5.92 Å². The molecule has 184 valence electrons. The van der Waals surface area contributed by atoms with Crippen LogP contribution in [0.5, 0.6) is 0 Å². The molecule has 0 heterocycles. The molecule has 0 spiro atoms. The zero-order valence-electron chi connectivity index (χ0n) is 20.5. The number of hydrogen-bond acceptors (Lipinski definition) is 3. The maximum absolute atomic E-state index is 12.9. The van der Waals surface area contributed by atoms with Crippen molar-refractivity contribution in [1.29, 1.82) is 0 Å². The number of carbonyl (C=O) groups is 1. The summed E-state index contributed by atoms with van der Waals surface area (Å²) in [5.74, 6) is 0.570. The minimum absolute atomic E-state index is 0.0559. The van der Waals surface area contributed by atoms with Crippen molar-refractivity contribution in [2.45, 2.75) is 56.3 Å². The molecule has 1 amide bonds. The standard InChI is InChI=1S/C29H34N2O3S/c1-22(2)21-24-10-16-27(17-11-24)35(33,34)31-26-14-12-25(13-15-26)29(18-19-29)28(32)30-20-6-9-23-7-4-3-5-8-23/h3-5,7-8,10-17,22,31H,6,9,18-21H2,1-2H3,(H,30,32). The topological polar surface area (TPSA) is 75.3 Å². The zero-order valence-corrected chi connectivity index (χ0v) is 21.3. The Morgan fingerprint density at radius 3 is 2.14 bits per heavy atom. The Labute approximate surface area is 209 Å². The van der Waals surface area contributed by atoms with Crippen LogP contribution in [0.15, 0.2) is 83.8 Å². The SMILES string of the molecule is CC(C)Cc1ccc(S(=O)(=O)Nc2ccc(C3(C(=O)NCCCc4ccccc4)CC3)cc2)cc1. The highest BCUT2D eigenvalue weighted by Gasteiger charge is 2.51. The third-order valence-corrected chi connectivity index (χ3v) is 7.92. The number of sulfonamides is 1. The highest BCUT2D eigenvalue weighted by molar-refractivity contribution is 7.92. The average Bonchev–Trinajstić information content (AvgIpc) is 3.65. The summed E-state index contributed by atoms with van der Waals surface area (Å²) in [6.07, 6.45) is 4.36. The number of nitrogens with one attached hydrogen (secondary N) is 2. The maximum atomic E-state index is 12.9. The molecular weight excluding hydrogens is 456 g/mol. The first kappa shape index (κ1) is 25.0. The van der Waals surface area contributed by atoms with Crippen molar-refractivity contribution >= 4 is 21.6 Å². The molecule has 0 atom stereocenters. The number of carbonyl (C=O) groups excluding carboxylic acids is 1. The van der Waals surface area contributed by atoms with Crippen molar-refractivity contribution in [3.63, 3.8) is 0 Å². The van der Waals surface area contributed by atoms with Crippen LogP contribution in [-0.4, -0.2) is 20.9 Å². The Kier molecular flexibility index (Phi) is 7.60. The van der Waals surface area contributed by atoms with Crippen molar-refractivity contribution in [2.75, 3.05) is 11.3 Å². The largest absolute Gasteiger partial charge is 0.355 e. The molecule has 6 heteroatoms. The van der Waals surface area contributed by atoms with Crippen molar-refractivity contribution in [1.82, 2.24) is 5.32 Å². The van der Waals surface area contributed by atoms with E-state index in [-0.39, 0.29) is 10.8 Å². The molecular formula is C29H34N2O3S. The number of amides is 1. The lowest BCUT2D eigenvalue weighted by atomic mass is 9.94. The van der Waals surface area contributed by atoms with Gasteiger partial charge in [-0.3, -0.25) is 9.52 Å². The minimum atomic E-state index is -3.67. The normalized spacial score (nSPS) is 14.5. The molecule has 1 aliphatic rings. The summed E-state index contributed by atoms with van der Waals surface area (Å²) < 4.78 is 28.3. The molecule has 0 saturated heterocycles. The van der Waals surface area contributed by atoms with E-state index in [1.54, 1.807) is 24.3 Å². The van der Waals surface area contributed by atoms with Gasteiger partial charge in [-0.05, 0) is 79.0 Å². The van der Waals surface area contributed by atoms with Crippen LogP contribution in [-0.2, 0) is 33.1 Å². The molecule has 0 bridgehead atoms. The van der Waals surface area contributed by atoms with Gasteiger partial charge in [0.2, 0.25) is 5.91 Å². The van der Waals surface area contributed by atoms with E-state index >= 15 is 0 Å². The van der Waals surface area contributed by atoms with E-state index in [9.17, 15) is 13.2 Å². The molecule has 0 aromatic heterocycles. The Morgan fingerprint density at radius 2 is 1.54 bits per heavy atom. The van der Waals surface area contributed by atoms with Crippen LogP contribution in [0.4, 0.5) is 5.69 Å². The third-order valence-electron chi connectivity index (χ3n) is 6.52. The second-order valence-electron chi connectivity index (χ2n) is 9.85. The molecule has 3 aromatic carbocycles. The molecule has 1 fully saturated rings. The summed E-state index contributed by atoms with van der Waals surface area (Å²) >= 11 is 0. The molecule has 1 saturated carbocycles. The van der Waals surface area contributed by atoms with E-state index in [0.717, 1.165) is 43.2 Å². The smallest absolute Gasteiger partial charge is 0.261 e. The maximum Gasteiger partial charge on any atom is 0.261 e. The van der Waals surface area contributed by atoms with Crippen LogP contribution in [0.1, 0.15) is 49.8 Å². The Morgan fingerprint density at radius 1 is 0.886 bits per heavy atom. The monoisotopic (exact) mass is 490 g/mol. The van der Waals surface area contributed by atoms with Crippen LogP contribution < -0.4 is 10.0 Å². The van der Waals surface area contributed by atoms with Gasteiger partial charge in [-0.1, -0.05) is 68.4 Å². The molecule has 0 unspecified atom stereocenters.